The molecule has 0 aliphatic carbocycles. The highest BCUT2D eigenvalue weighted by Crippen LogP contribution is 2.28. The summed E-state index contributed by atoms with van der Waals surface area (Å²) in [6.45, 7) is 3.84. The average molecular weight is 180 g/mol. The Balaban J connectivity index is 2.27. The molecule has 0 saturated heterocycles. The summed E-state index contributed by atoms with van der Waals surface area (Å²) in [5.41, 5.74) is 5.57. The van der Waals surface area contributed by atoms with E-state index in [1.165, 1.54) is 12.8 Å². The van der Waals surface area contributed by atoms with E-state index in [2.05, 4.69) is 14.8 Å². The SMILES string of the molecule is Cc1nnc2n1CCCC2CCN. The summed E-state index contributed by atoms with van der Waals surface area (Å²) in [4.78, 5) is 0. The van der Waals surface area contributed by atoms with E-state index in [1.54, 1.807) is 0 Å². The number of aromatic nitrogens is 3. The minimum atomic E-state index is 0.542. The van der Waals surface area contributed by atoms with Gasteiger partial charge < -0.3 is 10.3 Å². The maximum Gasteiger partial charge on any atom is 0.136 e. The van der Waals surface area contributed by atoms with Gasteiger partial charge in [0.2, 0.25) is 0 Å². The maximum absolute atomic E-state index is 5.57. The van der Waals surface area contributed by atoms with Crippen molar-refractivity contribution in [2.45, 2.75) is 38.6 Å². The molecule has 2 rings (SSSR count). The van der Waals surface area contributed by atoms with Crippen molar-refractivity contribution < 1.29 is 0 Å². The van der Waals surface area contributed by atoms with E-state index in [1.807, 2.05) is 6.92 Å². The van der Waals surface area contributed by atoms with Gasteiger partial charge in [0.1, 0.15) is 11.6 Å². The summed E-state index contributed by atoms with van der Waals surface area (Å²) in [5, 5.41) is 8.32. The molecule has 0 saturated carbocycles. The first kappa shape index (κ1) is 8.69. The molecule has 72 valence electrons. The lowest BCUT2D eigenvalue weighted by Gasteiger charge is -2.22. The average Bonchev–Trinajstić information content (AvgIpc) is 2.50. The molecule has 4 nitrogen and oxygen atoms in total. The van der Waals surface area contributed by atoms with Crippen molar-refractivity contribution in [1.82, 2.24) is 14.8 Å². The third-order valence-corrected chi connectivity index (χ3v) is 2.78. The fourth-order valence-electron chi connectivity index (χ4n) is 2.08. The smallest absolute Gasteiger partial charge is 0.136 e. The molecule has 1 aliphatic heterocycles. The minimum Gasteiger partial charge on any atom is -0.330 e. The van der Waals surface area contributed by atoms with E-state index >= 15 is 0 Å². The third kappa shape index (κ3) is 1.46. The Morgan fingerprint density at radius 2 is 2.38 bits per heavy atom. The molecule has 1 unspecified atom stereocenters. The highest BCUT2D eigenvalue weighted by molar-refractivity contribution is 5.03. The Morgan fingerprint density at radius 1 is 1.54 bits per heavy atom. The molecule has 0 radical (unpaired) electrons. The first-order valence-electron chi connectivity index (χ1n) is 4.92. The standard InChI is InChI=1S/C9H16N4/c1-7-11-12-9-8(4-5-10)3-2-6-13(7)9/h8H,2-6,10H2,1H3. The highest BCUT2D eigenvalue weighted by atomic mass is 15.3. The zero-order valence-electron chi connectivity index (χ0n) is 8.03. The second-order valence-corrected chi connectivity index (χ2v) is 3.67. The highest BCUT2D eigenvalue weighted by Gasteiger charge is 2.22. The Hall–Kier alpha value is -0.900. The van der Waals surface area contributed by atoms with Crippen LogP contribution in [0.2, 0.25) is 0 Å². The Morgan fingerprint density at radius 3 is 3.15 bits per heavy atom. The molecule has 1 aliphatic rings. The number of hydrogen-bond acceptors (Lipinski definition) is 3. The second kappa shape index (κ2) is 3.46. The first-order valence-corrected chi connectivity index (χ1v) is 4.92. The number of nitrogens with two attached hydrogens (primary N) is 1. The van der Waals surface area contributed by atoms with Crippen molar-refractivity contribution in [3.8, 4) is 0 Å². The second-order valence-electron chi connectivity index (χ2n) is 3.67. The van der Waals surface area contributed by atoms with Crippen LogP contribution >= 0.6 is 0 Å². The maximum atomic E-state index is 5.57. The number of rotatable bonds is 2. The van der Waals surface area contributed by atoms with Gasteiger partial charge in [-0.2, -0.15) is 0 Å². The monoisotopic (exact) mass is 180 g/mol. The van der Waals surface area contributed by atoms with E-state index in [4.69, 9.17) is 5.73 Å². The number of nitrogens with zero attached hydrogens (tertiary/aromatic N) is 3. The lowest BCUT2D eigenvalue weighted by atomic mass is 9.95. The van der Waals surface area contributed by atoms with Crippen LogP contribution in [0.4, 0.5) is 0 Å². The lowest BCUT2D eigenvalue weighted by Crippen LogP contribution is -2.19. The first-order chi connectivity index (χ1) is 6.33. The van der Waals surface area contributed by atoms with Gasteiger partial charge >= 0.3 is 0 Å². The van der Waals surface area contributed by atoms with Gasteiger partial charge in [0.15, 0.2) is 0 Å². The zero-order valence-corrected chi connectivity index (χ0v) is 8.03. The van der Waals surface area contributed by atoms with Crippen LogP contribution in [-0.2, 0) is 6.54 Å². The van der Waals surface area contributed by atoms with E-state index in [0.717, 1.165) is 31.2 Å². The van der Waals surface area contributed by atoms with Crippen LogP contribution in [0, 0.1) is 6.92 Å². The van der Waals surface area contributed by atoms with E-state index in [0.29, 0.717) is 5.92 Å². The normalized spacial score (nSPS) is 21.5. The van der Waals surface area contributed by atoms with Gasteiger partial charge in [-0.15, -0.1) is 10.2 Å². The molecule has 2 heterocycles. The van der Waals surface area contributed by atoms with Gasteiger partial charge in [0, 0.05) is 12.5 Å². The quantitative estimate of drug-likeness (QED) is 0.732. The number of hydrogen-bond donors (Lipinski definition) is 1. The van der Waals surface area contributed by atoms with Crippen molar-refractivity contribution in [3.05, 3.63) is 11.6 Å². The van der Waals surface area contributed by atoms with Crippen LogP contribution in [0.5, 0.6) is 0 Å². The zero-order chi connectivity index (χ0) is 9.26. The molecule has 0 bridgehead atoms. The van der Waals surface area contributed by atoms with E-state index in [9.17, 15) is 0 Å². The molecule has 1 aromatic rings. The lowest BCUT2D eigenvalue weighted by molar-refractivity contribution is 0.424. The molecular weight excluding hydrogens is 164 g/mol. The van der Waals surface area contributed by atoms with Gasteiger partial charge in [-0.3, -0.25) is 0 Å². The Labute approximate surface area is 78.1 Å². The van der Waals surface area contributed by atoms with Gasteiger partial charge in [-0.25, -0.2) is 0 Å². The summed E-state index contributed by atoms with van der Waals surface area (Å²) >= 11 is 0. The largest absolute Gasteiger partial charge is 0.330 e. The summed E-state index contributed by atoms with van der Waals surface area (Å²) < 4.78 is 2.23. The predicted octanol–water partition coefficient (Wildman–Crippen LogP) is 0.813. The summed E-state index contributed by atoms with van der Waals surface area (Å²) in [6.07, 6.45) is 3.49. The van der Waals surface area contributed by atoms with Gasteiger partial charge in [0.05, 0.1) is 0 Å². The molecule has 4 heteroatoms. The molecule has 13 heavy (non-hydrogen) atoms. The number of fused-ring (bicyclic) bond motifs is 1. The van der Waals surface area contributed by atoms with Crippen LogP contribution in [0.25, 0.3) is 0 Å². The fourth-order valence-corrected chi connectivity index (χ4v) is 2.08. The summed E-state index contributed by atoms with van der Waals surface area (Å²) in [6, 6.07) is 0. The van der Waals surface area contributed by atoms with Crippen LogP contribution in [0.3, 0.4) is 0 Å². The molecule has 0 aromatic carbocycles. The van der Waals surface area contributed by atoms with Gasteiger partial charge in [-0.1, -0.05) is 0 Å². The minimum absolute atomic E-state index is 0.542. The molecule has 0 fully saturated rings. The van der Waals surface area contributed by atoms with Crippen LogP contribution < -0.4 is 5.73 Å². The molecule has 0 spiro atoms. The van der Waals surface area contributed by atoms with Crippen molar-refractivity contribution in [1.29, 1.82) is 0 Å². The van der Waals surface area contributed by atoms with Crippen molar-refractivity contribution in [2.24, 2.45) is 5.73 Å². The Bertz CT molecular complexity index is 292. The van der Waals surface area contributed by atoms with Crippen LogP contribution in [-0.4, -0.2) is 21.3 Å². The van der Waals surface area contributed by atoms with Crippen molar-refractivity contribution in [2.75, 3.05) is 6.54 Å². The molecule has 0 amide bonds. The molecule has 2 N–H and O–H groups in total. The van der Waals surface area contributed by atoms with Gasteiger partial charge in [0.25, 0.3) is 0 Å². The molecule has 1 atom stereocenters. The van der Waals surface area contributed by atoms with Crippen LogP contribution in [0.1, 0.15) is 36.8 Å². The summed E-state index contributed by atoms with van der Waals surface area (Å²) in [5.74, 6) is 2.73. The van der Waals surface area contributed by atoms with E-state index in [-0.39, 0.29) is 0 Å². The van der Waals surface area contributed by atoms with Crippen molar-refractivity contribution >= 4 is 0 Å². The molecular formula is C9H16N4. The third-order valence-electron chi connectivity index (χ3n) is 2.78. The number of aryl methyl sites for hydroxylation is 1. The van der Waals surface area contributed by atoms with Crippen LogP contribution in [0.15, 0.2) is 0 Å². The van der Waals surface area contributed by atoms with Gasteiger partial charge in [-0.05, 0) is 32.7 Å². The predicted molar refractivity (Wildman–Crippen MR) is 50.4 cm³/mol. The Kier molecular flexibility index (Phi) is 2.31. The molecule has 1 aromatic heterocycles. The van der Waals surface area contributed by atoms with Crippen molar-refractivity contribution in [3.63, 3.8) is 0 Å². The van der Waals surface area contributed by atoms with E-state index < -0.39 is 0 Å². The fraction of sp³-hybridized carbons (Fsp3) is 0.778. The topological polar surface area (TPSA) is 56.7 Å². The summed E-state index contributed by atoms with van der Waals surface area (Å²) in [7, 11) is 0.